The summed E-state index contributed by atoms with van der Waals surface area (Å²) < 4.78 is -0.189. The molecule has 0 spiro atoms. The van der Waals surface area contributed by atoms with Crippen molar-refractivity contribution in [1.29, 1.82) is 0 Å². The minimum atomic E-state index is -0.189. The molecule has 1 atom stereocenters. The molecule has 1 aromatic rings. The zero-order valence-corrected chi connectivity index (χ0v) is 11.3. The van der Waals surface area contributed by atoms with Gasteiger partial charge in [0.15, 0.2) is 5.78 Å². The van der Waals surface area contributed by atoms with Crippen molar-refractivity contribution in [3.8, 4) is 0 Å². The average molecular weight is 252 g/mol. The van der Waals surface area contributed by atoms with Crippen LogP contribution in [0.15, 0.2) is 29.2 Å². The van der Waals surface area contributed by atoms with Gasteiger partial charge >= 0.3 is 0 Å². The number of thioether (sulfide) groups is 2. The van der Waals surface area contributed by atoms with E-state index in [2.05, 4.69) is 6.92 Å². The summed E-state index contributed by atoms with van der Waals surface area (Å²) >= 11 is 3.46. The van der Waals surface area contributed by atoms with E-state index in [1.807, 2.05) is 42.3 Å². The van der Waals surface area contributed by atoms with E-state index in [4.69, 9.17) is 0 Å². The number of hydrogen-bond acceptors (Lipinski definition) is 3. The molecule has 0 bridgehead atoms. The molecule has 0 radical (unpaired) electrons. The van der Waals surface area contributed by atoms with Gasteiger partial charge in [-0.15, -0.1) is 23.5 Å². The Balaban J connectivity index is 2.33. The molecule has 1 nitrogen and oxygen atoms in total. The van der Waals surface area contributed by atoms with Gasteiger partial charge in [0.25, 0.3) is 0 Å². The Morgan fingerprint density at radius 1 is 1.44 bits per heavy atom. The number of hydrogen-bond donors (Lipinski definition) is 0. The second kappa shape index (κ2) is 4.84. The second-order valence-electron chi connectivity index (χ2n) is 4.21. The van der Waals surface area contributed by atoms with Crippen LogP contribution in [0.3, 0.4) is 0 Å². The fourth-order valence-corrected chi connectivity index (χ4v) is 3.94. The van der Waals surface area contributed by atoms with E-state index in [1.165, 1.54) is 0 Å². The smallest absolute Gasteiger partial charge is 0.179 e. The van der Waals surface area contributed by atoms with E-state index < -0.39 is 0 Å². The molecule has 0 aromatic heterocycles. The highest BCUT2D eigenvalue weighted by Crippen LogP contribution is 2.41. The van der Waals surface area contributed by atoms with Crippen molar-refractivity contribution < 1.29 is 4.79 Å². The number of benzene rings is 1. The van der Waals surface area contributed by atoms with Crippen molar-refractivity contribution in [2.75, 3.05) is 12.0 Å². The Kier molecular flexibility index (Phi) is 3.65. The molecule has 1 aliphatic heterocycles. The van der Waals surface area contributed by atoms with Crippen LogP contribution in [0.5, 0.6) is 0 Å². The van der Waals surface area contributed by atoms with Crippen molar-refractivity contribution in [2.45, 2.75) is 29.4 Å². The van der Waals surface area contributed by atoms with Crippen molar-refractivity contribution in [1.82, 2.24) is 0 Å². The number of carbonyl (C=O) groups excluding carboxylic acids is 1. The lowest BCUT2D eigenvalue weighted by Crippen LogP contribution is -2.29. The second-order valence-corrected chi connectivity index (χ2v) is 6.66. The first-order chi connectivity index (χ1) is 7.67. The Morgan fingerprint density at radius 2 is 2.19 bits per heavy atom. The van der Waals surface area contributed by atoms with Crippen molar-refractivity contribution in [3.63, 3.8) is 0 Å². The summed E-state index contributed by atoms with van der Waals surface area (Å²) in [5.41, 5.74) is 0.895. The van der Waals surface area contributed by atoms with Crippen LogP contribution in [0.1, 0.15) is 30.1 Å². The lowest BCUT2D eigenvalue weighted by molar-refractivity contribution is 0.0946. The van der Waals surface area contributed by atoms with Gasteiger partial charge in [0.1, 0.15) is 0 Å². The minimum Gasteiger partial charge on any atom is -0.293 e. The standard InChI is InChI=1S/C13H16OS2/c1-13(8-5-9-16-13)12(14)10-6-3-4-7-11(10)15-2/h3-4,6-7H,5,8-9H2,1-2H3. The number of carbonyl (C=O) groups is 1. The van der Waals surface area contributed by atoms with E-state index >= 15 is 0 Å². The molecule has 1 heterocycles. The Labute approximate surface area is 105 Å². The summed E-state index contributed by atoms with van der Waals surface area (Å²) in [6.07, 6.45) is 4.20. The third kappa shape index (κ3) is 2.16. The molecule has 3 heteroatoms. The lowest BCUT2D eigenvalue weighted by atomic mass is 9.95. The predicted octanol–water partition coefficient (Wildman–Crippen LogP) is 3.88. The zero-order valence-electron chi connectivity index (χ0n) is 9.66. The summed E-state index contributed by atoms with van der Waals surface area (Å²) in [5, 5.41) is 0. The first-order valence-corrected chi connectivity index (χ1v) is 7.70. The van der Waals surface area contributed by atoms with Crippen LogP contribution in [-0.4, -0.2) is 22.5 Å². The molecule has 0 aliphatic carbocycles. The molecule has 0 saturated carbocycles. The first kappa shape index (κ1) is 12.1. The molecular formula is C13H16OS2. The summed E-state index contributed by atoms with van der Waals surface area (Å²) in [6, 6.07) is 7.93. The van der Waals surface area contributed by atoms with Gasteiger partial charge in [0.2, 0.25) is 0 Å². The summed E-state index contributed by atoms with van der Waals surface area (Å²) in [7, 11) is 0. The van der Waals surface area contributed by atoms with Gasteiger partial charge in [-0.2, -0.15) is 0 Å². The van der Waals surface area contributed by atoms with Gasteiger partial charge < -0.3 is 0 Å². The summed E-state index contributed by atoms with van der Waals surface area (Å²) in [4.78, 5) is 13.6. The maximum atomic E-state index is 12.5. The van der Waals surface area contributed by atoms with Crippen LogP contribution in [-0.2, 0) is 0 Å². The van der Waals surface area contributed by atoms with Crippen molar-refractivity contribution in [2.24, 2.45) is 0 Å². The Hall–Kier alpha value is -0.410. The summed E-state index contributed by atoms with van der Waals surface area (Å²) in [5.74, 6) is 1.42. The van der Waals surface area contributed by atoms with Gasteiger partial charge in [0, 0.05) is 10.5 Å². The fourth-order valence-electron chi connectivity index (χ4n) is 2.08. The van der Waals surface area contributed by atoms with E-state index in [9.17, 15) is 4.79 Å². The molecule has 16 heavy (non-hydrogen) atoms. The largest absolute Gasteiger partial charge is 0.293 e. The lowest BCUT2D eigenvalue weighted by Gasteiger charge is -2.22. The molecule has 2 rings (SSSR count). The molecule has 86 valence electrons. The van der Waals surface area contributed by atoms with Gasteiger partial charge in [-0.1, -0.05) is 18.2 Å². The highest BCUT2D eigenvalue weighted by Gasteiger charge is 2.38. The highest BCUT2D eigenvalue weighted by atomic mass is 32.2. The Morgan fingerprint density at radius 3 is 2.81 bits per heavy atom. The normalized spacial score (nSPS) is 24.6. The van der Waals surface area contributed by atoms with Gasteiger partial charge in [-0.25, -0.2) is 0 Å². The topological polar surface area (TPSA) is 17.1 Å². The molecule has 1 aromatic carbocycles. The van der Waals surface area contributed by atoms with E-state index in [-0.39, 0.29) is 4.75 Å². The molecule has 1 saturated heterocycles. The first-order valence-electron chi connectivity index (χ1n) is 5.49. The maximum Gasteiger partial charge on any atom is 0.179 e. The van der Waals surface area contributed by atoms with Crippen LogP contribution in [0.2, 0.25) is 0 Å². The highest BCUT2D eigenvalue weighted by molar-refractivity contribution is 8.01. The van der Waals surface area contributed by atoms with Crippen LogP contribution in [0.4, 0.5) is 0 Å². The maximum absolute atomic E-state index is 12.5. The summed E-state index contributed by atoms with van der Waals surface area (Å²) in [6.45, 7) is 2.09. The predicted molar refractivity (Wildman–Crippen MR) is 72.7 cm³/mol. The third-order valence-electron chi connectivity index (χ3n) is 3.05. The van der Waals surface area contributed by atoms with Crippen LogP contribution < -0.4 is 0 Å². The van der Waals surface area contributed by atoms with Crippen molar-refractivity contribution >= 4 is 29.3 Å². The average Bonchev–Trinajstić information content (AvgIpc) is 2.76. The van der Waals surface area contributed by atoms with Gasteiger partial charge in [-0.3, -0.25) is 4.79 Å². The van der Waals surface area contributed by atoms with Gasteiger partial charge in [0.05, 0.1) is 4.75 Å². The third-order valence-corrected chi connectivity index (χ3v) is 5.37. The molecule has 0 N–H and O–H groups in total. The van der Waals surface area contributed by atoms with Crippen LogP contribution in [0, 0.1) is 0 Å². The fraction of sp³-hybridized carbons (Fsp3) is 0.462. The SMILES string of the molecule is CSc1ccccc1C(=O)C1(C)CCCS1. The molecule has 1 aliphatic rings. The quantitative estimate of drug-likeness (QED) is 0.600. The van der Waals surface area contributed by atoms with Crippen molar-refractivity contribution in [3.05, 3.63) is 29.8 Å². The Bertz CT molecular complexity index is 395. The number of ketones is 1. The monoisotopic (exact) mass is 252 g/mol. The van der Waals surface area contributed by atoms with E-state index in [0.717, 1.165) is 29.1 Å². The van der Waals surface area contributed by atoms with E-state index in [0.29, 0.717) is 5.78 Å². The molecule has 1 unspecified atom stereocenters. The zero-order chi connectivity index (χ0) is 11.6. The van der Waals surface area contributed by atoms with Crippen LogP contribution >= 0.6 is 23.5 Å². The minimum absolute atomic E-state index is 0.189. The molecular weight excluding hydrogens is 236 g/mol. The van der Waals surface area contributed by atoms with E-state index in [1.54, 1.807) is 11.8 Å². The molecule has 0 amide bonds. The van der Waals surface area contributed by atoms with Crippen LogP contribution in [0.25, 0.3) is 0 Å². The number of Topliss-reactive ketones (excluding diaryl/α,β-unsaturated/α-hetero) is 1. The van der Waals surface area contributed by atoms with Gasteiger partial charge in [-0.05, 0) is 37.8 Å². The molecule has 1 fully saturated rings. The number of rotatable bonds is 3.